The predicted molar refractivity (Wildman–Crippen MR) is 60.2 cm³/mol. The van der Waals surface area contributed by atoms with E-state index in [0.717, 1.165) is 16.9 Å². The molecule has 0 bridgehead atoms. The molecule has 0 fully saturated rings. The van der Waals surface area contributed by atoms with Crippen LogP contribution in [0.15, 0.2) is 42.6 Å². The summed E-state index contributed by atoms with van der Waals surface area (Å²) in [4.78, 5) is 4.19. The molecule has 0 aliphatic rings. The summed E-state index contributed by atoms with van der Waals surface area (Å²) < 4.78 is 5.65. The number of para-hydroxylation sites is 1. The van der Waals surface area contributed by atoms with Gasteiger partial charge in [0.1, 0.15) is 5.75 Å². The zero-order valence-corrected chi connectivity index (χ0v) is 8.90. The maximum Gasteiger partial charge on any atom is 0.219 e. The van der Waals surface area contributed by atoms with Crippen molar-refractivity contribution >= 4 is 0 Å². The molecule has 0 N–H and O–H groups in total. The Balaban J connectivity index is 2.22. The van der Waals surface area contributed by atoms with Crippen LogP contribution in [0, 0.1) is 13.8 Å². The van der Waals surface area contributed by atoms with Crippen LogP contribution >= 0.6 is 0 Å². The van der Waals surface area contributed by atoms with Gasteiger partial charge in [0, 0.05) is 12.3 Å². The van der Waals surface area contributed by atoms with E-state index >= 15 is 0 Å². The average molecular weight is 199 g/mol. The maximum atomic E-state index is 5.65. The van der Waals surface area contributed by atoms with Crippen molar-refractivity contribution in [2.75, 3.05) is 0 Å². The molecule has 0 spiro atoms. The first kappa shape index (κ1) is 9.71. The summed E-state index contributed by atoms with van der Waals surface area (Å²) in [7, 11) is 0. The first-order chi connectivity index (χ1) is 7.25. The fourth-order valence-electron chi connectivity index (χ4n) is 1.30. The van der Waals surface area contributed by atoms with Crippen molar-refractivity contribution in [3.05, 3.63) is 53.7 Å². The summed E-state index contributed by atoms with van der Waals surface area (Å²) in [6.07, 6.45) is 1.80. The van der Waals surface area contributed by atoms with Crippen LogP contribution in [0.2, 0.25) is 0 Å². The van der Waals surface area contributed by atoms with Crippen molar-refractivity contribution in [1.29, 1.82) is 0 Å². The predicted octanol–water partition coefficient (Wildman–Crippen LogP) is 3.49. The Kier molecular flexibility index (Phi) is 2.68. The minimum absolute atomic E-state index is 0.634. The van der Waals surface area contributed by atoms with Gasteiger partial charge in [0.2, 0.25) is 5.88 Å². The number of ether oxygens (including phenoxy) is 1. The Morgan fingerprint density at radius 3 is 2.47 bits per heavy atom. The molecule has 1 heterocycles. The fraction of sp³-hybridized carbons (Fsp3) is 0.154. The molecule has 76 valence electrons. The van der Waals surface area contributed by atoms with Crippen LogP contribution in [-0.2, 0) is 0 Å². The second-order valence-corrected chi connectivity index (χ2v) is 3.54. The molecule has 0 atom stereocenters. The minimum atomic E-state index is 0.634. The SMILES string of the molecule is Cc1ccc(Oc2ccccc2C)nc1. The summed E-state index contributed by atoms with van der Waals surface area (Å²) >= 11 is 0. The molecule has 0 amide bonds. The van der Waals surface area contributed by atoms with Crippen LogP contribution in [-0.4, -0.2) is 4.98 Å². The summed E-state index contributed by atoms with van der Waals surface area (Å²) in [5, 5.41) is 0. The average Bonchev–Trinajstić information content (AvgIpc) is 2.25. The maximum absolute atomic E-state index is 5.65. The molecule has 0 saturated heterocycles. The highest BCUT2D eigenvalue weighted by Crippen LogP contribution is 2.22. The molecule has 2 aromatic rings. The molecule has 0 aliphatic heterocycles. The molecular weight excluding hydrogens is 186 g/mol. The largest absolute Gasteiger partial charge is 0.439 e. The number of nitrogens with zero attached hydrogens (tertiary/aromatic N) is 1. The van der Waals surface area contributed by atoms with E-state index in [2.05, 4.69) is 4.98 Å². The van der Waals surface area contributed by atoms with E-state index < -0.39 is 0 Å². The van der Waals surface area contributed by atoms with Crippen LogP contribution in [0.1, 0.15) is 11.1 Å². The van der Waals surface area contributed by atoms with Gasteiger partial charge in [-0.3, -0.25) is 0 Å². The van der Waals surface area contributed by atoms with Crippen LogP contribution in [0.25, 0.3) is 0 Å². The Labute approximate surface area is 89.6 Å². The van der Waals surface area contributed by atoms with Gasteiger partial charge in [-0.15, -0.1) is 0 Å². The number of pyridine rings is 1. The third-order valence-corrected chi connectivity index (χ3v) is 2.19. The van der Waals surface area contributed by atoms with Gasteiger partial charge in [-0.05, 0) is 31.0 Å². The quantitative estimate of drug-likeness (QED) is 0.738. The van der Waals surface area contributed by atoms with Gasteiger partial charge in [0.05, 0.1) is 0 Å². The van der Waals surface area contributed by atoms with Crippen LogP contribution < -0.4 is 4.74 Å². The van der Waals surface area contributed by atoms with Gasteiger partial charge in [0.25, 0.3) is 0 Å². The second-order valence-electron chi connectivity index (χ2n) is 3.54. The summed E-state index contributed by atoms with van der Waals surface area (Å²) in [5.74, 6) is 1.49. The molecule has 1 aromatic carbocycles. The second kappa shape index (κ2) is 4.13. The van der Waals surface area contributed by atoms with E-state index in [4.69, 9.17) is 4.74 Å². The van der Waals surface area contributed by atoms with Crippen LogP contribution in [0.3, 0.4) is 0 Å². The molecule has 2 heteroatoms. The lowest BCUT2D eigenvalue weighted by molar-refractivity contribution is 0.459. The Bertz CT molecular complexity index is 448. The van der Waals surface area contributed by atoms with Crippen molar-refractivity contribution in [2.24, 2.45) is 0 Å². The number of hydrogen-bond acceptors (Lipinski definition) is 2. The number of aromatic nitrogens is 1. The molecule has 15 heavy (non-hydrogen) atoms. The van der Waals surface area contributed by atoms with Crippen LogP contribution in [0.5, 0.6) is 11.6 Å². The zero-order chi connectivity index (χ0) is 10.7. The van der Waals surface area contributed by atoms with Crippen molar-refractivity contribution in [2.45, 2.75) is 13.8 Å². The fourth-order valence-corrected chi connectivity index (χ4v) is 1.30. The highest BCUT2D eigenvalue weighted by molar-refractivity contribution is 5.34. The Morgan fingerprint density at radius 1 is 1.00 bits per heavy atom. The molecule has 0 saturated carbocycles. The van der Waals surface area contributed by atoms with E-state index in [1.807, 2.05) is 50.2 Å². The van der Waals surface area contributed by atoms with Crippen molar-refractivity contribution < 1.29 is 4.74 Å². The molecule has 2 rings (SSSR count). The highest BCUT2D eigenvalue weighted by Gasteiger charge is 2.00. The molecule has 1 aromatic heterocycles. The smallest absolute Gasteiger partial charge is 0.219 e. The van der Waals surface area contributed by atoms with E-state index in [1.165, 1.54) is 0 Å². The lowest BCUT2D eigenvalue weighted by atomic mass is 10.2. The van der Waals surface area contributed by atoms with Gasteiger partial charge in [0.15, 0.2) is 0 Å². The standard InChI is InChI=1S/C13H13NO/c1-10-7-8-13(14-9-10)15-12-6-4-3-5-11(12)2/h3-9H,1-2H3. The summed E-state index contributed by atoms with van der Waals surface area (Å²) in [6, 6.07) is 11.8. The molecular formula is C13H13NO. The number of hydrogen-bond donors (Lipinski definition) is 0. The van der Waals surface area contributed by atoms with Crippen LogP contribution in [0.4, 0.5) is 0 Å². The number of aryl methyl sites for hydroxylation is 2. The van der Waals surface area contributed by atoms with Gasteiger partial charge in [-0.25, -0.2) is 4.98 Å². The number of benzene rings is 1. The third kappa shape index (κ3) is 2.34. The third-order valence-electron chi connectivity index (χ3n) is 2.19. The van der Waals surface area contributed by atoms with E-state index in [9.17, 15) is 0 Å². The Morgan fingerprint density at radius 2 is 1.80 bits per heavy atom. The van der Waals surface area contributed by atoms with Crippen molar-refractivity contribution in [1.82, 2.24) is 4.98 Å². The normalized spacial score (nSPS) is 10.0. The molecule has 2 nitrogen and oxygen atoms in total. The lowest BCUT2D eigenvalue weighted by Crippen LogP contribution is -1.89. The molecule has 0 aliphatic carbocycles. The topological polar surface area (TPSA) is 22.1 Å². The van der Waals surface area contributed by atoms with E-state index in [-0.39, 0.29) is 0 Å². The van der Waals surface area contributed by atoms with Gasteiger partial charge in [-0.2, -0.15) is 0 Å². The first-order valence-electron chi connectivity index (χ1n) is 4.92. The summed E-state index contributed by atoms with van der Waals surface area (Å²) in [6.45, 7) is 4.02. The van der Waals surface area contributed by atoms with Gasteiger partial charge < -0.3 is 4.74 Å². The molecule has 0 unspecified atom stereocenters. The first-order valence-corrected chi connectivity index (χ1v) is 4.92. The van der Waals surface area contributed by atoms with E-state index in [1.54, 1.807) is 6.20 Å². The number of rotatable bonds is 2. The summed E-state index contributed by atoms with van der Waals surface area (Å²) in [5.41, 5.74) is 2.24. The molecule has 0 radical (unpaired) electrons. The van der Waals surface area contributed by atoms with Gasteiger partial charge in [-0.1, -0.05) is 24.3 Å². The lowest BCUT2D eigenvalue weighted by Gasteiger charge is -2.06. The monoisotopic (exact) mass is 199 g/mol. The Hall–Kier alpha value is -1.83. The van der Waals surface area contributed by atoms with Gasteiger partial charge >= 0.3 is 0 Å². The minimum Gasteiger partial charge on any atom is -0.439 e. The van der Waals surface area contributed by atoms with Crippen molar-refractivity contribution in [3.8, 4) is 11.6 Å². The van der Waals surface area contributed by atoms with Crippen molar-refractivity contribution in [3.63, 3.8) is 0 Å². The highest BCUT2D eigenvalue weighted by atomic mass is 16.5. The zero-order valence-electron chi connectivity index (χ0n) is 8.90. The van der Waals surface area contributed by atoms with E-state index in [0.29, 0.717) is 5.88 Å².